The van der Waals surface area contributed by atoms with Crippen LogP contribution in [0.3, 0.4) is 0 Å². The Balaban J connectivity index is 1.80. The molecule has 0 fully saturated rings. The van der Waals surface area contributed by atoms with Crippen LogP contribution in [-0.2, 0) is 6.54 Å². The third-order valence-electron chi connectivity index (χ3n) is 3.55. The average Bonchev–Trinajstić information content (AvgIpc) is 2.60. The molecular formula is C18H21F2N3O2. The molecule has 0 amide bonds. The zero-order valence-electron chi connectivity index (χ0n) is 14.2. The van der Waals surface area contributed by atoms with E-state index in [0.29, 0.717) is 37.0 Å². The summed E-state index contributed by atoms with van der Waals surface area (Å²) in [5.41, 5.74) is 0.687. The molecule has 0 aliphatic carbocycles. The Hall–Kier alpha value is -2.83. The summed E-state index contributed by atoms with van der Waals surface area (Å²) in [6, 6.07) is 10.1. The summed E-state index contributed by atoms with van der Waals surface area (Å²) in [5, 5.41) is 12.3. The molecular weight excluding hydrogens is 328 g/mol. The van der Waals surface area contributed by atoms with Crippen LogP contribution in [0, 0.1) is 11.6 Å². The molecule has 0 atom stereocenters. The summed E-state index contributed by atoms with van der Waals surface area (Å²) in [4.78, 5) is 6.02. The smallest absolute Gasteiger partial charge is 0.193 e. The number of guanidine groups is 1. The molecule has 5 nitrogen and oxygen atoms in total. The number of likely N-dealkylation sites (N-methyl/N-ethyl adjacent to an activating group) is 1. The van der Waals surface area contributed by atoms with Gasteiger partial charge < -0.3 is 20.1 Å². The van der Waals surface area contributed by atoms with Gasteiger partial charge in [0.2, 0.25) is 0 Å². The molecule has 0 aromatic heterocycles. The van der Waals surface area contributed by atoms with Crippen LogP contribution < -0.4 is 10.1 Å². The molecule has 0 saturated carbocycles. The van der Waals surface area contributed by atoms with Gasteiger partial charge in [-0.2, -0.15) is 0 Å². The van der Waals surface area contributed by atoms with Crippen molar-refractivity contribution in [3.63, 3.8) is 0 Å². The Kier molecular flexibility index (Phi) is 6.56. The van der Waals surface area contributed by atoms with Gasteiger partial charge in [-0.3, -0.25) is 4.99 Å². The van der Waals surface area contributed by atoms with Crippen LogP contribution >= 0.6 is 0 Å². The standard InChI is InChI=1S/C18H21F2N3O2/c1-21-18(22-12-13-3-8-17(24)16(20)11-13)23(2)9-10-25-15-6-4-14(19)5-7-15/h3-8,11,24H,9-10,12H2,1-2H3,(H,21,22). The lowest BCUT2D eigenvalue weighted by molar-refractivity contribution is 0.281. The van der Waals surface area contributed by atoms with Crippen LogP contribution in [0.5, 0.6) is 11.5 Å². The number of benzene rings is 2. The largest absolute Gasteiger partial charge is 0.505 e. The fourth-order valence-corrected chi connectivity index (χ4v) is 2.16. The molecule has 0 saturated heterocycles. The van der Waals surface area contributed by atoms with E-state index in [1.807, 2.05) is 11.9 Å². The number of hydrogen-bond acceptors (Lipinski definition) is 3. The number of hydrogen-bond donors (Lipinski definition) is 2. The van der Waals surface area contributed by atoms with E-state index in [4.69, 9.17) is 4.74 Å². The van der Waals surface area contributed by atoms with E-state index in [1.54, 1.807) is 25.2 Å². The van der Waals surface area contributed by atoms with E-state index in [9.17, 15) is 13.9 Å². The van der Waals surface area contributed by atoms with Crippen LogP contribution in [0.2, 0.25) is 0 Å². The third-order valence-corrected chi connectivity index (χ3v) is 3.55. The predicted molar refractivity (Wildman–Crippen MR) is 92.8 cm³/mol. The van der Waals surface area contributed by atoms with Gasteiger partial charge in [0.15, 0.2) is 17.5 Å². The Morgan fingerprint density at radius 1 is 1.20 bits per heavy atom. The highest BCUT2D eigenvalue weighted by atomic mass is 19.1. The molecule has 0 unspecified atom stereocenters. The van der Waals surface area contributed by atoms with E-state index in [1.165, 1.54) is 24.3 Å². The lowest BCUT2D eigenvalue weighted by Gasteiger charge is -2.22. The van der Waals surface area contributed by atoms with Crippen LogP contribution in [-0.4, -0.2) is 43.2 Å². The van der Waals surface area contributed by atoms with Crippen molar-refractivity contribution < 1.29 is 18.6 Å². The molecule has 0 aliphatic heterocycles. The summed E-state index contributed by atoms with van der Waals surface area (Å²) in [6.07, 6.45) is 0. The molecule has 2 N–H and O–H groups in total. The highest BCUT2D eigenvalue weighted by Crippen LogP contribution is 2.16. The topological polar surface area (TPSA) is 57.1 Å². The van der Waals surface area contributed by atoms with Crippen molar-refractivity contribution in [2.45, 2.75) is 6.54 Å². The van der Waals surface area contributed by atoms with Crippen LogP contribution in [0.4, 0.5) is 8.78 Å². The third kappa shape index (κ3) is 5.63. The highest BCUT2D eigenvalue weighted by molar-refractivity contribution is 5.79. The van der Waals surface area contributed by atoms with Gasteiger partial charge >= 0.3 is 0 Å². The number of phenolic OH excluding ortho intramolecular Hbond substituents is 1. The first-order valence-electron chi connectivity index (χ1n) is 7.77. The minimum Gasteiger partial charge on any atom is -0.505 e. The van der Waals surface area contributed by atoms with Gasteiger partial charge in [-0.1, -0.05) is 6.07 Å². The number of rotatable bonds is 6. The van der Waals surface area contributed by atoms with Gasteiger partial charge in [-0.25, -0.2) is 8.78 Å². The number of halogens is 2. The maximum Gasteiger partial charge on any atom is 0.193 e. The quantitative estimate of drug-likeness (QED) is 0.622. The second kappa shape index (κ2) is 8.86. The summed E-state index contributed by atoms with van der Waals surface area (Å²) in [7, 11) is 3.50. The van der Waals surface area contributed by atoms with Crippen molar-refractivity contribution in [1.29, 1.82) is 0 Å². The minimum absolute atomic E-state index is 0.306. The van der Waals surface area contributed by atoms with Gasteiger partial charge in [-0.15, -0.1) is 0 Å². The van der Waals surface area contributed by atoms with Crippen molar-refractivity contribution in [3.8, 4) is 11.5 Å². The van der Waals surface area contributed by atoms with Gasteiger partial charge in [0.25, 0.3) is 0 Å². The fourth-order valence-electron chi connectivity index (χ4n) is 2.16. The molecule has 2 aromatic carbocycles. The highest BCUT2D eigenvalue weighted by Gasteiger charge is 2.07. The molecule has 7 heteroatoms. The molecule has 0 spiro atoms. The maximum atomic E-state index is 13.3. The van der Waals surface area contributed by atoms with Crippen molar-refractivity contribution in [1.82, 2.24) is 10.2 Å². The Morgan fingerprint density at radius 2 is 1.92 bits per heavy atom. The van der Waals surface area contributed by atoms with Crippen molar-refractivity contribution in [2.24, 2.45) is 4.99 Å². The number of nitrogens with zero attached hydrogens (tertiary/aromatic N) is 2. The van der Waals surface area contributed by atoms with E-state index >= 15 is 0 Å². The average molecular weight is 349 g/mol. The molecule has 0 radical (unpaired) electrons. The lowest BCUT2D eigenvalue weighted by atomic mass is 10.2. The number of nitrogens with one attached hydrogen (secondary N) is 1. The zero-order valence-corrected chi connectivity index (χ0v) is 14.2. The zero-order chi connectivity index (χ0) is 18.2. The van der Waals surface area contributed by atoms with Crippen LogP contribution in [0.1, 0.15) is 5.56 Å². The van der Waals surface area contributed by atoms with Gasteiger partial charge in [0.05, 0.1) is 6.54 Å². The molecule has 0 heterocycles. The lowest BCUT2D eigenvalue weighted by Crippen LogP contribution is -2.40. The second-order valence-electron chi connectivity index (χ2n) is 5.41. The number of aromatic hydroxyl groups is 1. The van der Waals surface area contributed by atoms with E-state index in [2.05, 4.69) is 10.3 Å². The van der Waals surface area contributed by atoms with Crippen LogP contribution in [0.25, 0.3) is 0 Å². The molecule has 2 rings (SSSR count). The Bertz CT molecular complexity index is 721. The molecule has 2 aromatic rings. The van der Waals surface area contributed by atoms with Gasteiger partial charge in [0.1, 0.15) is 18.2 Å². The van der Waals surface area contributed by atoms with Crippen molar-refractivity contribution in [2.75, 3.05) is 27.2 Å². The van der Waals surface area contributed by atoms with Gasteiger partial charge in [0, 0.05) is 20.6 Å². The number of aliphatic imine (C=N–C) groups is 1. The monoisotopic (exact) mass is 349 g/mol. The first-order valence-corrected chi connectivity index (χ1v) is 7.77. The van der Waals surface area contributed by atoms with Crippen molar-refractivity contribution in [3.05, 3.63) is 59.7 Å². The van der Waals surface area contributed by atoms with E-state index < -0.39 is 5.82 Å². The van der Waals surface area contributed by atoms with Crippen molar-refractivity contribution >= 4 is 5.96 Å². The van der Waals surface area contributed by atoms with Crippen LogP contribution in [0.15, 0.2) is 47.5 Å². The normalized spacial score (nSPS) is 11.3. The Morgan fingerprint density at radius 3 is 2.56 bits per heavy atom. The molecule has 134 valence electrons. The molecule has 0 bridgehead atoms. The predicted octanol–water partition coefficient (Wildman–Crippen LogP) is 2.76. The Labute approximate surface area is 145 Å². The summed E-state index contributed by atoms with van der Waals surface area (Å²) in [5.74, 6) is -0.119. The fraction of sp³-hybridized carbons (Fsp3) is 0.278. The number of ether oxygens (including phenoxy) is 1. The maximum absolute atomic E-state index is 13.3. The molecule has 25 heavy (non-hydrogen) atoms. The SMILES string of the molecule is CN=C(NCc1ccc(O)c(F)c1)N(C)CCOc1ccc(F)cc1. The summed E-state index contributed by atoms with van der Waals surface area (Å²) < 4.78 is 31.7. The summed E-state index contributed by atoms with van der Waals surface area (Å²) in [6.45, 7) is 1.32. The molecule has 0 aliphatic rings. The second-order valence-corrected chi connectivity index (χ2v) is 5.41. The first kappa shape index (κ1) is 18.5. The van der Waals surface area contributed by atoms with E-state index in [0.717, 1.165) is 0 Å². The number of phenols is 1. The van der Waals surface area contributed by atoms with Gasteiger partial charge in [-0.05, 0) is 42.0 Å². The summed E-state index contributed by atoms with van der Waals surface area (Å²) >= 11 is 0. The first-order chi connectivity index (χ1) is 12.0. The minimum atomic E-state index is -0.657. The van der Waals surface area contributed by atoms with E-state index in [-0.39, 0.29) is 11.6 Å².